The molecule has 0 aliphatic heterocycles. The van der Waals surface area contributed by atoms with Crippen molar-refractivity contribution in [2.75, 3.05) is 13.2 Å². The molecular weight excluding hydrogens is 552 g/mol. The molecule has 0 radical (unpaired) electrons. The first-order chi connectivity index (χ1) is 21.4. The number of benzene rings is 3. The van der Waals surface area contributed by atoms with Crippen LogP contribution in [-0.4, -0.2) is 31.3 Å². The maximum Gasteiger partial charge on any atom is 0.343 e. The van der Waals surface area contributed by atoms with Gasteiger partial charge in [-0.05, 0) is 78.9 Å². The second-order valence-corrected chi connectivity index (χ2v) is 11.5. The number of esters is 2. The zero-order chi connectivity index (χ0) is 31.6. The lowest BCUT2D eigenvalue weighted by atomic mass is 10.1. The van der Waals surface area contributed by atoms with Gasteiger partial charge in [-0.2, -0.15) is 0 Å². The zero-order valence-electron chi connectivity index (χ0n) is 27.0. The number of ether oxygens (including phenoxy) is 4. The molecule has 2 unspecified atom stereocenters. The summed E-state index contributed by atoms with van der Waals surface area (Å²) < 4.78 is 22.5. The van der Waals surface area contributed by atoms with Crippen molar-refractivity contribution in [3.63, 3.8) is 0 Å². The van der Waals surface area contributed by atoms with E-state index < -0.39 is 18.0 Å². The van der Waals surface area contributed by atoms with E-state index in [2.05, 4.69) is 20.8 Å². The molecule has 0 saturated heterocycles. The Bertz CT molecular complexity index is 1230. The predicted molar refractivity (Wildman–Crippen MR) is 177 cm³/mol. The third-order valence-corrected chi connectivity index (χ3v) is 7.74. The number of carbonyl (C=O) groups excluding carboxylic acids is 2. The van der Waals surface area contributed by atoms with Gasteiger partial charge in [0.2, 0.25) is 0 Å². The molecule has 238 valence electrons. The minimum absolute atomic E-state index is 0.394. The van der Waals surface area contributed by atoms with E-state index >= 15 is 0 Å². The van der Waals surface area contributed by atoms with Crippen molar-refractivity contribution in [1.82, 2.24) is 0 Å². The van der Waals surface area contributed by atoms with Gasteiger partial charge in [-0.25, -0.2) is 9.59 Å². The maximum atomic E-state index is 12.7. The molecule has 3 aromatic carbocycles. The first-order valence-corrected chi connectivity index (χ1v) is 16.4. The highest BCUT2D eigenvalue weighted by Crippen LogP contribution is 2.26. The van der Waals surface area contributed by atoms with Crippen LogP contribution in [0.4, 0.5) is 0 Å². The number of rotatable bonds is 20. The number of carbonyl (C=O) groups is 2. The van der Waals surface area contributed by atoms with Crippen molar-refractivity contribution in [2.24, 2.45) is 5.92 Å². The van der Waals surface area contributed by atoms with Gasteiger partial charge in [0.25, 0.3) is 0 Å². The molecule has 0 aromatic heterocycles. The summed E-state index contributed by atoms with van der Waals surface area (Å²) in [6.07, 6.45) is 11.9. The second-order valence-electron chi connectivity index (χ2n) is 11.5. The van der Waals surface area contributed by atoms with Gasteiger partial charge in [-0.15, -0.1) is 0 Å². The monoisotopic (exact) mass is 602 g/mol. The van der Waals surface area contributed by atoms with Crippen LogP contribution in [-0.2, 0) is 9.53 Å². The first kappa shape index (κ1) is 34.8. The highest BCUT2D eigenvalue weighted by molar-refractivity contribution is 5.91. The molecule has 44 heavy (non-hydrogen) atoms. The fourth-order valence-corrected chi connectivity index (χ4v) is 4.58. The molecule has 0 bridgehead atoms. The van der Waals surface area contributed by atoms with Gasteiger partial charge in [-0.1, -0.05) is 103 Å². The number of hydrogen-bond acceptors (Lipinski definition) is 6. The Hall–Kier alpha value is -3.64. The van der Waals surface area contributed by atoms with Crippen LogP contribution < -0.4 is 14.2 Å². The smallest absolute Gasteiger partial charge is 0.343 e. The summed E-state index contributed by atoms with van der Waals surface area (Å²) in [4.78, 5) is 25.0. The van der Waals surface area contributed by atoms with Gasteiger partial charge in [0.15, 0.2) is 6.10 Å². The van der Waals surface area contributed by atoms with Crippen LogP contribution >= 0.6 is 0 Å². The van der Waals surface area contributed by atoms with Gasteiger partial charge < -0.3 is 18.9 Å². The van der Waals surface area contributed by atoms with Gasteiger partial charge in [-0.3, -0.25) is 0 Å². The van der Waals surface area contributed by atoms with Crippen LogP contribution in [0.3, 0.4) is 0 Å². The Morgan fingerprint density at radius 1 is 0.614 bits per heavy atom. The molecule has 3 rings (SSSR count). The fourth-order valence-electron chi connectivity index (χ4n) is 4.58. The minimum Gasteiger partial charge on any atom is -0.494 e. The quantitative estimate of drug-likeness (QED) is 0.0728. The first-order valence-electron chi connectivity index (χ1n) is 16.4. The summed E-state index contributed by atoms with van der Waals surface area (Å²) in [6, 6.07) is 21.7. The molecule has 3 aromatic rings. The van der Waals surface area contributed by atoms with E-state index in [9.17, 15) is 9.59 Å². The van der Waals surface area contributed by atoms with Crippen LogP contribution in [0.15, 0.2) is 72.8 Å². The standard InChI is InChI=1S/C38H50O6/c1-5-7-8-9-10-11-12-13-14-27-41-34-21-19-33(20-22-34)38(40)44-36-25-17-32(18-26-36)31-15-23-35(24-16-31)43-37(39)30(4)42-28-29(3)6-2/h15-26,29-30H,5-14,27-28H2,1-4H3. The summed E-state index contributed by atoms with van der Waals surface area (Å²) in [5.74, 6) is 1.24. The van der Waals surface area contributed by atoms with Crippen LogP contribution in [0.2, 0.25) is 0 Å². The molecule has 6 nitrogen and oxygen atoms in total. The third kappa shape index (κ3) is 12.5. The van der Waals surface area contributed by atoms with E-state index in [4.69, 9.17) is 18.9 Å². The highest BCUT2D eigenvalue weighted by Gasteiger charge is 2.17. The van der Waals surface area contributed by atoms with Gasteiger partial charge in [0.1, 0.15) is 17.2 Å². The van der Waals surface area contributed by atoms with E-state index in [-0.39, 0.29) is 0 Å². The Labute approximate surface area is 264 Å². The third-order valence-electron chi connectivity index (χ3n) is 7.74. The van der Waals surface area contributed by atoms with Crippen molar-refractivity contribution < 1.29 is 28.5 Å². The second kappa shape index (κ2) is 19.6. The highest BCUT2D eigenvalue weighted by atomic mass is 16.6. The summed E-state index contributed by atoms with van der Waals surface area (Å²) >= 11 is 0. The van der Waals surface area contributed by atoms with Crippen molar-refractivity contribution in [3.05, 3.63) is 78.4 Å². The molecule has 0 N–H and O–H groups in total. The maximum absolute atomic E-state index is 12.7. The normalized spacial score (nSPS) is 12.4. The number of unbranched alkanes of at least 4 members (excludes halogenated alkanes) is 8. The topological polar surface area (TPSA) is 71.1 Å². The number of hydrogen-bond donors (Lipinski definition) is 0. The lowest BCUT2D eigenvalue weighted by molar-refractivity contribution is -0.146. The molecule has 2 atom stereocenters. The lowest BCUT2D eigenvalue weighted by Crippen LogP contribution is -2.27. The Morgan fingerprint density at radius 2 is 1.11 bits per heavy atom. The van der Waals surface area contributed by atoms with E-state index in [1.54, 1.807) is 43.3 Å². The van der Waals surface area contributed by atoms with E-state index in [0.29, 0.717) is 36.2 Å². The summed E-state index contributed by atoms with van der Waals surface area (Å²) in [7, 11) is 0. The van der Waals surface area contributed by atoms with E-state index in [1.165, 1.54) is 51.4 Å². The van der Waals surface area contributed by atoms with Crippen molar-refractivity contribution in [3.8, 4) is 28.4 Å². The zero-order valence-corrected chi connectivity index (χ0v) is 27.0. The molecule has 0 amide bonds. The fraction of sp³-hybridized carbons (Fsp3) is 0.474. The molecule has 0 aliphatic carbocycles. The lowest BCUT2D eigenvalue weighted by Gasteiger charge is -2.15. The molecule has 0 spiro atoms. The summed E-state index contributed by atoms with van der Waals surface area (Å²) in [6.45, 7) is 9.34. The minimum atomic E-state index is -0.625. The van der Waals surface area contributed by atoms with Crippen molar-refractivity contribution in [1.29, 1.82) is 0 Å². The Kier molecular flexibility index (Phi) is 15.5. The molecular formula is C38H50O6. The van der Waals surface area contributed by atoms with Gasteiger partial charge >= 0.3 is 11.9 Å². The van der Waals surface area contributed by atoms with Gasteiger partial charge in [0, 0.05) is 0 Å². The van der Waals surface area contributed by atoms with Crippen LogP contribution in [0.5, 0.6) is 17.2 Å². The Morgan fingerprint density at radius 3 is 1.66 bits per heavy atom. The van der Waals surface area contributed by atoms with Crippen LogP contribution in [0.1, 0.15) is 102 Å². The van der Waals surface area contributed by atoms with E-state index in [1.807, 2.05) is 36.4 Å². The van der Waals surface area contributed by atoms with Gasteiger partial charge in [0.05, 0.1) is 18.8 Å². The largest absolute Gasteiger partial charge is 0.494 e. The van der Waals surface area contributed by atoms with Crippen molar-refractivity contribution >= 4 is 11.9 Å². The van der Waals surface area contributed by atoms with Crippen molar-refractivity contribution in [2.45, 2.75) is 98.0 Å². The molecule has 0 heterocycles. The average molecular weight is 603 g/mol. The Balaban J connectivity index is 1.39. The molecule has 0 fully saturated rings. The van der Waals surface area contributed by atoms with Crippen LogP contribution in [0.25, 0.3) is 11.1 Å². The molecule has 0 saturated carbocycles. The SMILES string of the molecule is CCCCCCCCCCCOc1ccc(C(=O)Oc2ccc(-c3ccc(OC(=O)C(C)OCC(C)CC)cc3)cc2)cc1. The molecule has 0 aliphatic rings. The predicted octanol–water partition coefficient (Wildman–Crippen LogP) is 9.84. The molecule has 6 heteroatoms. The van der Waals surface area contributed by atoms with E-state index in [0.717, 1.165) is 29.7 Å². The summed E-state index contributed by atoms with van der Waals surface area (Å²) in [5.41, 5.74) is 2.36. The van der Waals surface area contributed by atoms with Crippen LogP contribution in [0, 0.1) is 5.92 Å². The average Bonchev–Trinajstić information content (AvgIpc) is 3.05. The summed E-state index contributed by atoms with van der Waals surface area (Å²) in [5, 5.41) is 0.